The molecule has 5 nitrogen and oxygen atoms in total. The van der Waals surface area contributed by atoms with Crippen molar-refractivity contribution in [2.75, 3.05) is 5.32 Å². The fraction of sp³-hybridized carbons (Fsp3) is 0.133. The maximum Gasteiger partial charge on any atom is 0.274 e. The van der Waals surface area contributed by atoms with Crippen molar-refractivity contribution in [2.24, 2.45) is 0 Å². The number of halogens is 1. The molecule has 0 aliphatic carbocycles. The van der Waals surface area contributed by atoms with Crippen LogP contribution in [-0.2, 0) is 0 Å². The van der Waals surface area contributed by atoms with Crippen LogP contribution in [0.4, 0.5) is 11.4 Å². The van der Waals surface area contributed by atoms with E-state index in [0.717, 1.165) is 9.13 Å². The summed E-state index contributed by atoms with van der Waals surface area (Å²) in [6.45, 7) is 3.48. The molecule has 0 unspecified atom stereocenters. The summed E-state index contributed by atoms with van der Waals surface area (Å²) in [4.78, 5) is 22.7. The van der Waals surface area contributed by atoms with Crippen LogP contribution in [0.25, 0.3) is 0 Å². The number of amides is 1. The van der Waals surface area contributed by atoms with Crippen LogP contribution < -0.4 is 5.32 Å². The van der Waals surface area contributed by atoms with Crippen molar-refractivity contribution in [3.05, 3.63) is 66.8 Å². The SMILES string of the molecule is Cc1cc(C)c([N+](=O)[O-])cc1NC(=O)c1cccc(I)c1. The number of rotatable bonds is 3. The monoisotopic (exact) mass is 396 g/mol. The molecular formula is C15H13IN2O3. The highest BCUT2D eigenvalue weighted by molar-refractivity contribution is 14.1. The number of carbonyl (C=O) groups excluding carboxylic acids is 1. The summed E-state index contributed by atoms with van der Waals surface area (Å²) in [6, 6.07) is 10.2. The van der Waals surface area contributed by atoms with Crippen molar-refractivity contribution in [2.45, 2.75) is 13.8 Å². The lowest BCUT2D eigenvalue weighted by atomic mass is 10.1. The second-order valence-electron chi connectivity index (χ2n) is 4.68. The first-order chi connectivity index (χ1) is 9.88. The van der Waals surface area contributed by atoms with Crippen molar-refractivity contribution in [1.29, 1.82) is 0 Å². The average molecular weight is 396 g/mol. The maximum atomic E-state index is 12.2. The van der Waals surface area contributed by atoms with Crippen LogP contribution in [-0.4, -0.2) is 10.8 Å². The average Bonchev–Trinajstić information content (AvgIpc) is 2.41. The van der Waals surface area contributed by atoms with Gasteiger partial charge in [0.05, 0.1) is 10.6 Å². The molecule has 0 atom stereocenters. The number of hydrogen-bond acceptors (Lipinski definition) is 3. The minimum absolute atomic E-state index is 0.00135. The van der Waals surface area contributed by atoms with Crippen LogP contribution in [0.1, 0.15) is 21.5 Å². The van der Waals surface area contributed by atoms with E-state index < -0.39 is 4.92 Å². The Bertz CT molecular complexity index is 729. The van der Waals surface area contributed by atoms with E-state index in [1.165, 1.54) is 6.07 Å². The number of nitro groups is 1. The highest BCUT2D eigenvalue weighted by Gasteiger charge is 2.15. The maximum absolute atomic E-state index is 12.2. The van der Waals surface area contributed by atoms with Crippen LogP contribution in [0, 0.1) is 27.5 Å². The van der Waals surface area contributed by atoms with Gasteiger partial charge in [-0.1, -0.05) is 6.07 Å². The van der Waals surface area contributed by atoms with E-state index in [0.29, 0.717) is 16.8 Å². The number of nitrogens with one attached hydrogen (secondary N) is 1. The summed E-state index contributed by atoms with van der Waals surface area (Å²) in [6.07, 6.45) is 0. The van der Waals surface area contributed by atoms with Crippen molar-refractivity contribution < 1.29 is 9.72 Å². The molecule has 0 saturated carbocycles. The van der Waals surface area contributed by atoms with Gasteiger partial charge in [-0.2, -0.15) is 0 Å². The van der Waals surface area contributed by atoms with Crippen molar-refractivity contribution in [3.63, 3.8) is 0 Å². The molecule has 1 amide bonds. The zero-order chi connectivity index (χ0) is 15.6. The van der Waals surface area contributed by atoms with Gasteiger partial charge < -0.3 is 5.32 Å². The summed E-state index contributed by atoms with van der Waals surface area (Å²) in [7, 11) is 0. The molecule has 1 N–H and O–H groups in total. The fourth-order valence-electron chi connectivity index (χ4n) is 2.00. The van der Waals surface area contributed by atoms with Crippen LogP contribution in [0.15, 0.2) is 36.4 Å². The first-order valence-corrected chi connectivity index (χ1v) is 7.29. The minimum Gasteiger partial charge on any atom is -0.321 e. The van der Waals surface area contributed by atoms with Gasteiger partial charge in [0.15, 0.2) is 0 Å². The van der Waals surface area contributed by atoms with Gasteiger partial charge in [-0.3, -0.25) is 14.9 Å². The van der Waals surface area contributed by atoms with Crippen molar-refractivity contribution in [3.8, 4) is 0 Å². The lowest BCUT2D eigenvalue weighted by Gasteiger charge is -2.10. The predicted octanol–water partition coefficient (Wildman–Crippen LogP) is 4.07. The summed E-state index contributed by atoms with van der Waals surface area (Å²) >= 11 is 2.13. The summed E-state index contributed by atoms with van der Waals surface area (Å²) < 4.78 is 0.951. The highest BCUT2D eigenvalue weighted by atomic mass is 127. The number of nitro benzene ring substituents is 1. The van der Waals surface area contributed by atoms with E-state index in [2.05, 4.69) is 27.9 Å². The summed E-state index contributed by atoms with van der Waals surface area (Å²) in [5.74, 6) is -0.283. The molecule has 0 radical (unpaired) electrons. The minimum atomic E-state index is -0.449. The molecule has 0 bridgehead atoms. The number of aryl methyl sites for hydroxylation is 2. The third kappa shape index (κ3) is 3.57. The van der Waals surface area contributed by atoms with E-state index >= 15 is 0 Å². The number of carbonyl (C=O) groups is 1. The number of anilines is 1. The first kappa shape index (κ1) is 15.4. The van der Waals surface area contributed by atoms with Crippen LogP contribution >= 0.6 is 22.6 Å². The topological polar surface area (TPSA) is 72.2 Å². The number of hydrogen-bond donors (Lipinski definition) is 1. The van der Waals surface area contributed by atoms with Gasteiger partial charge in [0.2, 0.25) is 0 Å². The Kier molecular flexibility index (Phi) is 4.56. The third-order valence-electron chi connectivity index (χ3n) is 3.07. The van der Waals surface area contributed by atoms with Gasteiger partial charge in [0.1, 0.15) is 0 Å². The Morgan fingerprint density at radius 1 is 1.19 bits per heavy atom. The molecule has 0 heterocycles. The van der Waals surface area contributed by atoms with Gasteiger partial charge in [0.25, 0.3) is 11.6 Å². The largest absolute Gasteiger partial charge is 0.321 e. The normalized spacial score (nSPS) is 10.2. The lowest BCUT2D eigenvalue weighted by Crippen LogP contribution is -2.13. The molecule has 108 valence electrons. The molecule has 0 spiro atoms. The van der Waals surface area contributed by atoms with Crippen LogP contribution in [0.3, 0.4) is 0 Å². The smallest absolute Gasteiger partial charge is 0.274 e. The van der Waals surface area contributed by atoms with E-state index in [-0.39, 0.29) is 11.6 Å². The van der Waals surface area contributed by atoms with Gasteiger partial charge in [0, 0.05) is 20.8 Å². The highest BCUT2D eigenvalue weighted by Crippen LogP contribution is 2.26. The Morgan fingerprint density at radius 2 is 1.90 bits per heavy atom. The van der Waals surface area contributed by atoms with E-state index in [4.69, 9.17) is 0 Å². The Labute approximate surface area is 135 Å². The molecule has 2 rings (SSSR count). The molecule has 2 aromatic carbocycles. The first-order valence-electron chi connectivity index (χ1n) is 6.21. The lowest BCUT2D eigenvalue weighted by molar-refractivity contribution is -0.385. The quantitative estimate of drug-likeness (QED) is 0.483. The fourth-order valence-corrected chi connectivity index (χ4v) is 2.54. The predicted molar refractivity (Wildman–Crippen MR) is 89.7 cm³/mol. The molecule has 6 heteroatoms. The van der Waals surface area contributed by atoms with Gasteiger partial charge in [-0.05, 0) is 66.3 Å². The Balaban J connectivity index is 2.33. The molecule has 0 aliphatic rings. The second-order valence-corrected chi connectivity index (χ2v) is 5.92. The molecule has 0 fully saturated rings. The van der Waals surface area contributed by atoms with Crippen LogP contribution in [0.5, 0.6) is 0 Å². The summed E-state index contributed by atoms with van der Waals surface area (Å²) in [5.41, 5.74) is 2.33. The molecule has 0 aromatic heterocycles. The summed E-state index contributed by atoms with van der Waals surface area (Å²) in [5, 5.41) is 13.7. The molecule has 2 aromatic rings. The number of nitrogens with zero attached hydrogens (tertiary/aromatic N) is 1. The van der Waals surface area contributed by atoms with Crippen molar-refractivity contribution in [1.82, 2.24) is 0 Å². The molecule has 21 heavy (non-hydrogen) atoms. The van der Waals surface area contributed by atoms with Gasteiger partial charge >= 0.3 is 0 Å². The number of benzene rings is 2. The molecule has 0 saturated heterocycles. The zero-order valence-electron chi connectivity index (χ0n) is 11.5. The Hall–Kier alpha value is -1.96. The molecular weight excluding hydrogens is 383 g/mol. The second kappa shape index (κ2) is 6.21. The standard InChI is InChI=1S/C15H13IN2O3/c1-9-6-10(2)14(18(20)21)8-13(9)17-15(19)11-4-3-5-12(16)7-11/h3-8H,1-2H3,(H,17,19). The van der Waals surface area contributed by atoms with E-state index in [9.17, 15) is 14.9 Å². The Morgan fingerprint density at radius 3 is 2.52 bits per heavy atom. The van der Waals surface area contributed by atoms with E-state index in [1.54, 1.807) is 38.1 Å². The third-order valence-corrected chi connectivity index (χ3v) is 3.75. The van der Waals surface area contributed by atoms with Crippen molar-refractivity contribution >= 4 is 39.9 Å². The van der Waals surface area contributed by atoms with Gasteiger partial charge in [-0.15, -0.1) is 0 Å². The van der Waals surface area contributed by atoms with Crippen LogP contribution in [0.2, 0.25) is 0 Å². The molecule has 0 aliphatic heterocycles. The van der Waals surface area contributed by atoms with Gasteiger partial charge in [-0.25, -0.2) is 0 Å². The zero-order valence-corrected chi connectivity index (χ0v) is 13.7. The van der Waals surface area contributed by atoms with E-state index in [1.807, 2.05) is 6.07 Å².